The monoisotopic (exact) mass is 445 g/mol. The second kappa shape index (κ2) is 10.4. The van der Waals surface area contributed by atoms with Gasteiger partial charge in [-0.2, -0.15) is 0 Å². The van der Waals surface area contributed by atoms with Gasteiger partial charge in [0.25, 0.3) is 0 Å². The van der Waals surface area contributed by atoms with Gasteiger partial charge in [-0.3, -0.25) is 0 Å². The number of allylic oxidation sites excluding steroid dienone is 2. The molecule has 1 atom stereocenters. The third-order valence-corrected chi connectivity index (χ3v) is 8.28. The van der Waals surface area contributed by atoms with E-state index in [2.05, 4.69) is 69.5 Å². The van der Waals surface area contributed by atoms with Crippen molar-refractivity contribution in [1.29, 1.82) is 0 Å². The first-order valence-electron chi connectivity index (χ1n) is 12.5. The highest BCUT2D eigenvalue weighted by molar-refractivity contribution is 8.11. The van der Waals surface area contributed by atoms with E-state index in [-0.39, 0.29) is 0 Å². The largest absolute Gasteiger partial charge is 0.330 e. The summed E-state index contributed by atoms with van der Waals surface area (Å²) in [6.45, 7) is 9.93. The number of aryl methyl sites for hydroxylation is 3. The zero-order valence-electron chi connectivity index (χ0n) is 20.3. The quantitative estimate of drug-likeness (QED) is 0.460. The summed E-state index contributed by atoms with van der Waals surface area (Å²) >= 11 is 1.92. The van der Waals surface area contributed by atoms with Gasteiger partial charge in [0, 0.05) is 4.91 Å². The first kappa shape index (κ1) is 23.4. The Bertz CT molecular complexity index is 1030. The Balaban J connectivity index is 1.54. The van der Waals surface area contributed by atoms with Crippen molar-refractivity contribution in [2.45, 2.75) is 78.6 Å². The van der Waals surface area contributed by atoms with Crippen LogP contribution in [0.25, 0.3) is 4.91 Å². The Morgan fingerprint density at radius 3 is 2.50 bits per heavy atom. The zero-order valence-corrected chi connectivity index (χ0v) is 21.2. The maximum absolute atomic E-state index is 5.85. The number of fused-ring (bicyclic) bond motifs is 1. The van der Waals surface area contributed by atoms with Crippen LogP contribution in [-0.4, -0.2) is 6.54 Å². The molecule has 0 fully saturated rings. The highest BCUT2D eigenvalue weighted by Gasteiger charge is 2.19. The lowest BCUT2D eigenvalue weighted by Gasteiger charge is -2.23. The molecule has 1 nitrogen and oxygen atoms in total. The second-order valence-electron chi connectivity index (χ2n) is 10.0. The van der Waals surface area contributed by atoms with Crippen LogP contribution in [0.3, 0.4) is 0 Å². The minimum Gasteiger partial charge on any atom is -0.330 e. The van der Waals surface area contributed by atoms with Crippen molar-refractivity contribution in [3.63, 3.8) is 0 Å². The summed E-state index contributed by atoms with van der Waals surface area (Å²) in [4.78, 5) is 1.42. The lowest BCUT2D eigenvalue weighted by Crippen LogP contribution is -2.09. The van der Waals surface area contributed by atoms with E-state index in [1.807, 2.05) is 11.8 Å². The standard InChI is InChI=1S/C30H39NS/c1-20(2)29-18-24(12-13-31)21(3)14-27(29)17-28-19-32-30(15-22(28)4)26-11-10-23-8-6-5-7-9-25(23)16-26/h10-11,14-16,18-20,22H,5-9,12-13,17,31H2,1-4H3. The summed E-state index contributed by atoms with van der Waals surface area (Å²) < 4.78 is 0. The topological polar surface area (TPSA) is 26.0 Å². The van der Waals surface area contributed by atoms with Gasteiger partial charge in [-0.05, 0) is 108 Å². The minimum atomic E-state index is 0.467. The molecule has 0 aromatic heterocycles. The molecule has 1 heterocycles. The molecule has 0 bridgehead atoms. The van der Waals surface area contributed by atoms with E-state index < -0.39 is 0 Å². The molecule has 0 radical (unpaired) electrons. The van der Waals surface area contributed by atoms with Crippen LogP contribution in [0.15, 0.2) is 47.4 Å². The third kappa shape index (κ3) is 5.24. The number of thioether (sulfide) groups is 1. The number of hydrogen-bond acceptors (Lipinski definition) is 2. The van der Waals surface area contributed by atoms with Crippen molar-refractivity contribution in [2.75, 3.05) is 6.54 Å². The fourth-order valence-corrected chi connectivity index (χ4v) is 6.34. The Morgan fingerprint density at radius 2 is 1.78 bits per heavy atom. The average Bonchev–Trinajstić information content (AvgIpc) is 3.01. The van der Waals surface area contributed by atoms with Gasteiger partial charge < -0.3 is 5.73 Å². The Kier molecular flexibility index (Phi) is 7.63. The maximum Gasteiger partial charge on any atom is 0.0154 e. The molecule has 0 spiro atoms. The van der Waals surface area contributed by atoms with Crippen molar-refractivity contribution >= 4 is 16.7 Å². The van der Waals surface area contributed by atoms with Crippen molar-refractivity contribution < 1.29 is 0 Å². The van der Waals surface area contributed by atoms with Gasteiger partial charge in [0.2, 0.25) is 0 Å². The maximum atomic E-state index is 5.85. The number of rotatable bonds is 6. The van der Waals surface area contributed by atoms with Gasteiger partial charge in [-0.1, -0.05) is 80.9 Å². The average molecular weight is 446 g/mol. The molecular weight excluding hydrogens is 406 g/mol. The number of benzene rings is 2. The molecule has 170 valence electrons. The molecule has 1 aliphatic carbocycles. The van der Waals surface area contributed by atoms with Gasteiger partial charge >= 0.3 is 0 Å². The van der Waals surface area contributed by atoms with E-state index >= 15 is 0 Å². The van der Waals surface area contributed by atoms with Gasteiger partial charge in [0.15, 0.2) is 0 Å². The van der Waals surface area contributed by atoms with Gasteiger partial charge in [-0.25, -0.2) is 0 Å². The fourth-order valence-electron chi connectivity index (χ4n) is 5.22. The van der Waals surface area contributed by atoms with Crippen LogP contribution < -0.4 is 5.73 Å². The summed E-state index contributed by atoms with van der Waals surface area (Å²) in [5.41, 5.74) is 17.7. The minimum absolute atomic E-state index is 0.467. The van der Waals surface area contributed by atoms with Crippen LogP contribution in [0.1, 0.15) is 84.9 Å². The van der Waals surface area contributed by atoms with E-state index in [1.165, 1.54) is 70.4 Å². The van der Waals surface area contributed by atoms with Crippen molar-refractivity contribution in [2.24, 2.45) is 11.7 Å². The van der Waals surface area contributed by atoms with Crippen LogP contribution in [0.2, 0.25) is 0 Å². The smallest absolute Gasteiger partial charge is 0.0154 e. The molecule has 2 N–H and O–H groups in total. The summed E-state index contributed by atoms with van der Waals surface area (Å²) in [6.07, 6.45) is 11.0. The molecule has 0 saturated carbocycles. The molecule has 0 amide bonds. The highest BCUT2D eigenvalue weighted by Crippen LogP contribution is 2.40. The Labute approximate surface area is 199 Å². The predicted octanol–water partition coefficient (Wildman–Crippen LogP) is 7.74. The Hall–Kier alpha value is -1.77. The summed E-state index contributed by atoms with van der Waals surface area (Å²) in [5.74, 6) is 0.994. The summed E-state index contributed by atoms with van der Waals surface area (Å²) in [7, 11) is 0. The molecule has 4 rings (SSSR count). The SMILES string of the molecule is Cc1cc(CC2=CSC(c3ccc4c(c3)CCCCC4)=CC2C)c(C(C)C)cc1CCN. The third-order valence-electron chi connectivity index (χ3n) is 7.23. The predicted molar refractivity (Wildman–Crippen MR) is 142 cm³/mol. The van der Waals surface area contributed by atoms with E-state index in [4.69, 9.17) is 5.73 Å². The first-order chi connectivity index (χ1) is 15.5. The van der Waals surface area contributed by atoms with Gasteiger partial charge in [0.1, 0.15) is 0 Å². The fraction of sp³-hybridized carbons (Fsp3) is 0.467. The normalized spacial score (nSPS) is 18.8. The molecule has 2 aromatic rings. The Morgan fingerprint density at radius 1 is 1.00 bits per heavy atom. The van der Waals surface area contributed by atoms with Crippen molar-refractivity contribution in [3.8, 4) is 0 Å². The van der Waals surface area contributed by atoms with E-state index in [1.54, 1.807) is 11.1 Å². The number of nitrogens with two attached hydrogens (primary N) is 1. The highest BCUT2D eigenvalue weighted by atomic mass is 32.2. The lowest BCUT2D eigenvalue weighted by molar-refractivity contribution is 0.711. The first-order valence-corrected chi connectivity index (χ1v) is 13.4. The summed E-state index contributed by atoms with van der Waals surface area (Å²) in [5, 5.41) is 2.43. The van der Waals surface area contributed by atoms with Crippen molar-refractivity contribution in [1.82, 2.24) is 0 Å². The molecule has 2 aromatic carbocycles. The molecule has 2 aliphatic rings. The van der Waals surface area contributed by atoms with Crippen LogP contribution in [0.4, 0.5) is 0 Å². The van der Waals surface area contributed by atoms with Crippen LogP contribution in [-0.2, 0) is 25.7 Å². The number of hydrogen-bond donors (Lipinski definition) is 1. The van der Waals surface area contributed by atoms with E-state index in [9.17, 15) is 0 Å². The molecule has 1 unspecified atom stereocenters. The second-order valence-corrected chi connectivity index (χ2v) is 10.9. The molecule has 32 heavy (non-hydrogen) atoms. The van der Waals surface area contributed by atoms with E-state index in [0.717, 1.165) is 12.8 Å². The lowest BCUT2D eigenvalue weighted by atomic mass is 9.86. The van der Waals surface area contributed by atoms with Gasteiger partial charge in [-0.15, -0.1) is 0 Å². The summed E-state index contributed by atoms with van der Waals surface area (Å²) in [6, 6.07) is 12.1. The van der Waals surface area contributed by atoms with Crippen LogP contribution in [0, 0.1) is 12.8 Å². The molecule has 1 aliphatic heterocycles. The van der Waals surface area contributed by atoms with E-state index in [0.29, 0.717) is 18.4 Å². The molecule has 0 saturated heterocycles. The molecule has 2 heteroatoms. The van der Waals surface area contributed by atoms with Crippen LogP contribution in [0.5, 0.6) is 0 Å². The van der Waals surface area contributed by atoms with Crippen LogP contribution >= 0.6 is 11.8 Å². The van der Waals surface area contributed by atoms with Crippen molar-refractivity contribution in [3.05, 3.63) is 86.3 Å². The van der Waals surface area contributed by atoms with Gasteiger partial charge in [0.05, 0.1) is 0 Å². The zero-order chi connectivity index (χ0) is 22.7. The molecular formula is C30H39NS.